The highest BCUT2D eigenvalue weighted by Gasteiger charge is 2.34. The van der Waals surface area contributed by atoms with Crippen LogP contribution in [0.1, 0.15) is 56.6 Å². The van der Waals surface area contributed by atoms with Crippen molar-refractivity contribution in [3.63, 3.8) is 0 Å². The van der Waals surface area contributed by atoms with Gasteiger partial charge in [0.15, 0.2) is 0 Å². The molecule has 1 aromatic carbocycles. The Morgan fingerprint density at radius 2 is 1.97 bits per heavy atom. The lowest BCUT2D eigenvalue weighted by atomic mass is 9.84. The molecule has 0 radical (unpaired) electrons. The number of halogens is 3. The van der Waals surface area contributed by atoms with Crippen molar-refractivity contribution in [3.05, 3.63) is 34.6 Å². The van der Waals surface area contributed by atoms with E-state index in [-0.39, 0.29) is 36.2 Å². The fraction of sp³-hybridized carbons (Fsp3) is 0.704. The van der Waals surface area contributed by atoms with Crippen molar-refractivity contribution < 1.29 is 27.8 Å². The summed E-state index contributed by atoms with van der Waals surface area (Å²) >= 11 is 6.07. The van der Waals surface area contributed by atoms with Gasteiger partial charge >= 0.3 is 12.1 Å². The van der Waals surface area contributed by atoms with Crippen LogP contribution in [0.2, 0.25) is 5.02 Å². The Kier molecular flexibility index (Phi) is 12.3. The second kappa shape index (κ2) is 15.4. The van der Waals surface area contributed by atoms with Gasteiger partial charge in [0.25, 0.3) is 0 Å². The topological polar surface area (TPSA) is 91.9 Å². The number of rotatable bonds is 11. The van der Waals surface area contributed by atoms with Gasteiger partial charge in [-0.2, -0.15) is 0 Å². The maximum atomic E-state index is 15.0. The van der Waals surface area contributed by atoms with Gasteiger partial charge in [-0.1, -0.05) is 23.7 Å². The Hall–Kier alpha value is -2.17. The van der Waals surface area contributed by atoms with Gasteiger partial charge < -0.3 is 30.3 Å². The Labute approximate surface area is 229 Å². The van der Waals surface area contributed by atoms with Crippen LogP contribution in [0.5, 0.6) is 0 Å². The molecule has 3 N–H and O–H groups in total. The molecule has 3 atom stereocenters. The van der Waals surface area contributed by atoms with E-state index in [1.54, 1.807) is 17.0 Å². The number of benzene rings is 1. The van der Waals surface area contributed by atoms with Crippen LogP contribution >= 0.6 is 11.6 Å². The number of hydrogen-bond donors (Lipinski definition) is 3. The van der Waals surface area contributed by atoms with E-state index in [9.17, 15) is 14.0 Å². The quantitative estimate of drug-likeness (QED) is 0.339. The number of urea groups is 1. The Bertz CT molecular complexity index is 904. The van der Waals surface area contributed by atoms with Gasteiger partial charge in [0, 0.05) is 43.7 Å². The molecule has 8 nitrogen and oxygen atoms in total. The minimum atomic E-state index is -0.704. The van der Waals surface area contributed by atoms with Crippen LogP contribution < -0.4 is 16.0 Å². The predicted octanol–water partition coefficient (Wildman–Crippen LogP) is 4.82. The van der Waals surface area contributed by atoms with Crippen molar-refractivity contribution in [2.45, 2.75) is 63.3 Å². The predicted molar refractivity (Wildman–Crippen MR) is 143 cm³/mol. The zero-order chi connectivity index (χ0) is 27.5. The monoisotopic (exact) mass is 558 g/mol. The van der Waals surface area contributed by atoms with E-state index >= 15 is 4.39 Å². The summed E-state index contributed by atoms with van der Waals surface area (Å²) in [5, 5.41) is 8.89. The van der Waals surface area contributed by atoms with Crippen LogP contribution in [0, 0.1) is 17.7 Å². The summed E-state index contributed by atoms with van der Waals surface area (Å²) in [5.74, 6) is -0.307. The van der Waals surface area contributed by atoms with E-state index in [2.05, 4.69) is 20.7 Å². The second-order valence-electron chi connectivity index (χ2n) is 10.3. The molecule has 1 aromatic rings. The number of alkyl halides is 1. The fourth-order valence-corrected chi connectivity index (χ4v) is 5.72. The van der Waals surface area contributed by atoms with Crippen molar-refractivity contribution in [1.82, 2.24) is 20.9 Å². The molecule has 1 heterocycles. The Morgan fingerprint density at radius 3 is 2.68 bits per heavy atom. The number of alkyl carbamates (subject to hydrolysis) is 1. The largest absolute Gasteiger partial charge is 0.453 e. The molecule has 214 valence electrons. The number of nitrogens with one attached hydrogen (secondary N) is 3. The molecule has 0 bridgehead atoms. The van der Waals surface area contributed by atoms with Crippen LogP contribution in [0.4, 0.5) is 18.4 Å². The Morgan fingerprint density at radius 1 is 1.21 bits per heavy atom. The summed E-state index contributed by atoms with van der Waals surface area (Å²) in [6.45, 7) is 1.95. The number of carbonyl (C=O) groups excluding carboxylic acids is 2. The molecule has 11 heteroatoms. The molecule has 2 aliphatic rings. The van der Waals surface area contributed by atoms with E-state index in [0.29, 0.717) is 44.0 Å². The van der Waals surface area contributed by atoms with Crippen molar-refractivity contribution in [2.75, 3.05) is 46.9 Å². The molecule has 3 rings (SSSR count). The van der Waals surface area contributed by atoms with Crippen LogP contribution in [0.25, 0.3) is 0 Å². The molecule has 38 heavy (non-hydrogen) atoms. The average Bonchev–Trinajstić information content (AvgIpc) is 2.92. The summed E-state index contributed by atoms with van der Waals surface area (Å²) in [7, 11) is 3.13. The standard InChI is InChI=1S/C27H41ClF2N4O4/c1-31-16-21(15-18-8-10-20(29)11-9-18)33-26(35)34-13-4-5-19(17-34)25(38-14-12-32-27(36)37-2)22-6-3-7-23(28)24(22)30/h3,6-7,18-21,25,31H,4-5,8-17H2,1-2H3,(H,32,36)(H,33,35)/t18?,19-,20?,21+,25-/m1/s1. The van der Waals surface area contributed by atoms with Crippen molar-refractivity contribution >= 4 is 23.7 Å². The zero-order valence-electron chi connectivity index (χ0n) is 22.3. The highest BCUT2D eigenvalue weighted by atomic mass is 35.5. The van der Waals surface area contributed by atoms with Crippen molar-refractivity contribution in [2.24, 2.45) is 11.8 Å². The molecule has 0 spiro atoms. The van der Waals surface area contributed by atoms with Gasteiger partial charge in [-0.15, -0.1) is 0 Å². The molecular weight excluding hydrogens is 518 g/mol. The van der Waals surface area contributed by atoms with Crippen LogP contribution in [-0.4, -0.2) is 76.2 Å². The maximum Gasteiger partial charge on any atom is 0.406 e. The van der Waals surface area contributed by atoms with E-state index in [4.69, 9.17) is 16.3 Å². The van der Waals surface area contributed by atoms with Crippen molar-refractivity contribution in [3.8, 4) is 0 Å². The lowest BCUT2D eigenvalue weighted by Crippen LogP contribution is -2.52. The lowest BCUT2D eigenvalue weighted by Gasteiger charge is -2.38. The van der Waals surface area contributed by atoms with E-state index in [1.165, 1.54) is 13.2 Å². The first kappa shape index (κ1) is 30.4. The highest BCUT2D eigenvalue weighted by molar-refractivity contribution is 6.30. The number of nitrogens with zero attached hydrogens (tertiary/aromatic N) is 1. The number of likely N-dealkylation sites (N-methyl/N-ethyl adjacent to an activating group) is 1. The van der Waals surface area contributed by atoms with Gasteiger partial charge in [0.05, 0.1) is 24.8 Å². The molecule has 3 amide bonds. The number of amides is 3. The number of ether oxygens (including phenoxy) is 2. The first-order valence-corrected chi connectivity index (χ1v) is 13.9. The molecule has 0 unspecified atom stereocenters. The summed E-state index contributed by atoms with van der Waals surface area (Å²) in [5.41, 5.74) is 0.333. The van der Waals surface area contributed by atoms with Gasteiger partial charge in [-0.05, 0) is 64.0 Å². The molecule has 1 saturated carbocycles. The van der Waals surface area contributed by atoms with Gasteiger partial charge in [-0.3, -0.25) is 0 Å². The summed E-state index contributed by atoms with van der Waals surface area (Å²) in [4.78, 5) is 26.4. The van der Waals surface area contributed by atoms with Crippen molar-refractivity contribution in [1.29, 1.82) is 0 Å². The second-order valence-corrected chi connectivity index (χ2v) is 10.7. The minimum Gasteiger partial charge on any atom is -0.453 e. The van der Waals surface area contributed by atoms with Crippen LogP contribution in [-0.2, 0) is 9.47 Å². The Balaban J connectivity index is 1.65. The van der Waals surface area contributed by atoms with Gasteiger partial charge in [0.2, 0.25) is 0 Å². The lowest BCUT2D eigenvalue weighted by molar-refractivity contribution is -0.0106. The summed E-state index contributed by atoms with van der Waals surface area (Å²) < 4.78 is 39.3. The zero-order valence-corrected chi connectivity index (χ0v) is 23.1. The SMILES string of the molecule is CNC[C@H](CC1CCC(F)CC1)NC(=O)N1CCC[C@@H]([C@@H](OCCNC(=O)OC)c2cccc(Cl)c2F)C1. The first-order chi connectivity index (χ1) is 18.3. The van der Waals surface area contributed by atoms with E-state index in [0.717, 1.165) is 32.1 Å². The number of likely N-dealkylation sites (tertiary alicyclic amines) is 1. The molecule has 1 aliphatic carbocycles. The molecule has 1 saturated heterocycles. The van der Waals surface area contributed by atoms with E-state index in [1.807, 2.05) is 7.05 Å². The van der Waals surface area contributed by atoms with Crippen LogP contribution in [0.15, 0.2) is 18.2 Å². The molecule has 1 aliphatic heterocycles. The first-order valence-electron chi connectivity index (χ1n) is 13.5. The van der Waals surface area contributed by atoms with Gasteiger partial charge in [0.1, 0.15) is 12.0 Å². The third-order valence-electron chi connectivity index (χ3n) is 7.49. The fourth-order valence-electron chi connectivity index (χ4n) is 5.54. The molecule has 0 aromatic heterocycles. The number of piperidine rings is 1. The number of hydrogen-bond acceptors (Lipinski definition) is 5. The number of carbonyl (C=O) groups is 2. The smallest absolute Gasteiger partial charge is 0.406 e. The summed E-state index contributed by atoms with van der Waals surface area (Å²) in [6.07, 6.45) is 3.25. The average molecular weight is 559 g/mol. The third kappa shape index (κ3) is 8.95. The molecule has 2 fully saturated rings. The number of methoxy groups -OCH3 is 1. The third-order valence-corrected chi connectivity index (χ3v) is 7.78. The molecular formula is C27H41ClF2N4O4. The maximum absolute atomic E-state index is 15.0. The normalized spacial score (nSPS) is 23.4. The van der Waals surface area contributed by atoms with Gasteiger partial charge in [-0.25, -0.2) is 18.4 Å². The van der Waals surface area contributed by atoms with E-state index < -0.39 is 24.2 Å². The minimum absolute atomic E-state index is 0.00546. The highest BCUT2D eigenvalue weighted by Crippen LogP contribution is 2.36. The van der Waals surface area contributed by atoms with Crippen LogP contribution in [0.3, 0.4) is 0 Å². The summed E-state index contributed by atoms with van der Waals surface area (Å²) in [6, 6.07) is 4.59.